The first-order chi connectivity index (χ1) is 15.7. The minimum Gasteiger partial charge on any atom is -0.489 e. The Bertz CT molecular complexity index is 1310. The van der Waals surface area contributed by atoms with Crippen molar-refractivity contribution in [3.63, 3.8) is 0 Å². The molecule has 158 valence electrons. The summed E-state index contributed by atoms with van der Waals surface area (Å²) in [6, 6.07) is 30.5. The third-order valence-corrected chi connectivity index (χ3v) is 7.28. The zero-order valence-corrected chi connectivity index (χ0v) is 19.3. The summed E-state index contributed by atoms with van der Waals surface area (Å²) < 4.78 is 7.24. The Kier molecular flexibility index (Phi) is 4.99. The molecule has 0 aromatic heterocycles. The first kappa shape index (κ1) is 19.6. The quantitative estimate of drug-likeness (QED) is 0.298. The van der Waals surface area contributed by atoms with E-state index in [9.17, 15) is 0 Å². The summed E-state index contributed by atoms with van der Waals surface area (Å²) in [4.78, 5) is 0. The fraction of sp³-hybridized carbons (Fsp3) is 0.172. The van der Waals surface area contributed by atoms with Gasteiger partial charge in [0.05, 0.1) is 6.04 Å². The molecular formula is C29H24BrNO. The molecule has 4 aromatic carbocycles. The molecule has 4 aromatic rings. The van der Waals surface area contributed by atoms with Crippen molar-refractivity contribution in [2.75, 3.05) is 5.32 Å². The SMILES string of the molecule is Brc1ccc2c(c1)[C@@H]1C=CC[C@@H]1[C@H](c1ccc(OCc3ccc4ccccc4c3)cc1)N2. The Morgan fingerprint density at radius 2 is 1.72 bits per heavy atom. The van der Waals surface area contributed by atoms with Crippen LogP contribution < -0.4 is 10.1 Å². The van der Waals surface area contributed by atoms with Gasteiger partial charge in [0.25, 0.3) is 0 Å². The number of halogens is 1. The number of anilines is 1. The van der Waals surface area contributed by atoms with Crippen LogP contribution in [0.4, 0.5) is 5.69 Å². The summed E-state index contributed by atoms with van der Waals surface area (Å²) >= 11 is 3.63. The third kappa shape index (κ3) is 3.61. The highest BCUT2D eigenvalue weighted by atomic mass is 79.9. The van der Waals surface area contributed by atoms with Gasteiger partial charge in [-0.25, -0.2) is 0 Å². The molecule has 6 rings (SSSR count). The van der Waals surface area contributed by atoms with Crippen LogP contribution in [-0.2, 0) is 6.61 Å². The van der Waals surface area contributed by atoms with Gasteiger partial charge in [-0.2, -0.15) is 0 Å². The summed E-state index contributed by atoms with van der Waals surface area (Å²) in [7, 11) is 0. The summed E-state index contributed by atoms with van der Waals surface area (Å²) in [6.45, 7) is 0.572. The summed E-state index contributed by atoms with van der Waals surface area (Å²) in [5, 5.41) is 6.31. The van der Waals surface area contributed by atoms with Crippen molar-refractivity contribution in [2.24, 2.45) is 5.92 Å². The second-order valence-corrected chi connectivity index (χ2v) is 9.66. The van der Waals surface area contributed by atoms with Crippen LogP contribution in [0.2, 0.25) is 0 Å². The molecule has 0 radical (unpaired) electrons. The molecule has 0 saturated heterocycles. The maximum absolute atomic E-state index is 6.10. The monoisotopic (exact) mass is 481 g/mol. The highest BCUT2D eigenvalue weighted by Gasteiger charge is 2.37. The molecule has 0 fully saturated rings. The van der Waals surface area contributed by atoms with E-state index in [2.05, 4.69) is 118 Å². The van der Waals surface area contributed by atoms with Gasteiger partial charge in [0.15, 0.2) is 0 Å². The van der Waals surface area contributed by atoms with Gasteiger partial charge in [0.2, 0.25) is 0 Å². The van der Waals surface area contributed by atoms with Gasteiger partial charge in [-0.15, -0.1) is 0 Å². The predicted molar refractivity (Wildman–Crippen MR) is 135 cm³/mol. The van der Waals surface area contributed by atoms with Crippen molar-refractivity contribution >= 4 is 32.4 Å². The lowest BCUT2D eigenvalue weighted by molar-refractivity contribution is 0.306. The molecule has 0 unspecified atom stereocenters. The predicted octanol–water partition coefficient (Wildman–Crippen LogP) is 8.01. The molecule has 32 heavy (non-hydrogen) atoms. The summed E-state index contributed by atoms with van der Waals surface area (Å²) in [5.74, 6) is 1.92. The standard InChI is InChI=1S/C29H24BrNO/c30-23-12-15-28-27(17-23)25-6-3-7-26(25)29(31-28)21-10-13-24(14-11-21)32-18-19-8-9-20-4-1-2-5-22(20)16-19/h1-6,8-17,25-26,29,31H,7,18H2/t25-,26+,29+/m1/s1. The van der Waals surface area contributed by atoms with E-state index in [0.29, 0.717) is 24.5 Å². The minimum absolute atomic E-state index is 0.304. The molecule has 1 heterocycles. The van der Waals surface area contributed by atoms with Crippen molar-refractivity contribution in [3.05, 3.63) is 118 Å². The number of ether oxygens (including phenoxy) is 1. The number of fused-ring (bicyclic) bond motifs is 4. The lowest BCUT2D eigenvalue weighted by Gasteiger charge is -2.37. The topological polar surface area (TPSA) is 21.3 Å². The summed E-state index contributed by atoms with van der Waals surface area (Å²) in [5.41, 5.74) is 5.13. The van der Waals surface area contributed by atoms with Crippen molar-refractivity contribution in [2.45, 2.75) is 25.0 Å². The van der Waals surface area contributed by atoms with E-state index < -0.39 is 0 Å². The van der Waals surface area contributed by atoms with Crippen molar-refractivity contribution in [3.8, 4) is 5.75 Å². The average Bonchev–Trinajstić information content (AvgIpc) is 3.33. The van der Waals surface area contributed by atoms with Gasteiger partial charge < -0.3 is 10.1 Å². The number of allylic oxidation sites excluding steroid dienone is 2. The molecule has 2 nitrogen and oxygen atoms in total. The maximum Gasteiger partial charge on any atom is 0.119 e. The molecule has 0 saturated carbocycles. The number of hydrogen-bond donors (Lipinski definition) is 1. The number of hydrogen-bond acceptors (Lipinski definition) is 2. The minimum atomic E-state index is 0.304. The van der Waals surface area contributed by atoms with Crippen LogP contribution in [-0.4, -0.2) is 0 Å². The Balaban J connectivity index is 1.19. The van der Waals surface area contributed by atoms with Gasteiger partial charge in [-0.1, -0.05) is 76.6 Å². The second kappa shape index (κ2) is 8.14. The Morgan fingerprint density at radius 3 is 2.59 bits per heavy atom. The highest BCUT2D eigenvalue weighted by molar-refractivity contribution is 9.10. The van der Waals surface area contributed by atoms with E-state index in [1.54, 1.807) is 0 Å². The highest BCUT2D eigenvalue weighted by Crippen LogP contribution is 2.50. The molecular weight excluding hydrogens is 458 g/mol. The van der Waals surface area contributed by atoms with Crippen LogP contribution >= 0.6 is 15.9 Å². The number of benzene rings is 4. The fourth-order valence-corrected chi connectivity index (χ4v) is 5.54. The van der Waals surface area contributed by atoms with E-state index in [1.165, 1.54) is 33.2 Å². The normalized spacial score (nSPS) is 21.1. The first-order valence-electron chi connectivity index (χ1n) is 11.2. The van der Waals surface area contributed by atoms with Gasteiger partial charge >= 0.3 is 0 Å². The molecule has 0 bridgehead atoms. The van der Waals surface area contributed by atoms with Crippen LogP contribution in [0.15, 0.2) is 102 Å². The molecule has 1 N–H and O–H groups in total. The van der Waals surface area contributed by atoms with Gasteiger partial charge in [0, 0.05) is 16.1 Å². The van der Waals surface area contributed by atoms with Crippen LogP contribution in [0.5, 0.6) is 5.75 Å². The molecule has 0 spiro atoms. The van der Waals surface area contributed by atoms with Crippen molar-refractivity contribution in [1.29, 1.82) is 0 Å². The lowest BCUT2D eigenvalue weighted by atomic mass is 9.77. The van der Waals surface area contributed by atoms with E-state index >= 15 is 0 Å². The first-order valence-corrected chi connectivity index (χ1v) is 12.0. The Labute approximate surface area is 197 Å². The van der Waals surface area contributed by atoms with Crippen LogP contribution in [0, 0.1) is 5.92 Å². The van der Waals surface area contributed by atoms with Crippen LogP contribution in [0.1, 0.15) is 35.1 Å². The van der Waals surface area contributed by atoms with E-state index in [0.717, 1.165) is 16.6 Å². The van der Waals surface area contributed by atoms with Gasteiger partial charge in [-0.05, 0) is 76.2 Å². The fourth-order valence-electron chi connectivity index (χ4n) is 5.16. The average molecular weight is 482 g/mol. The number of nitrogens with one attached hydrogen (secondary N) is 1. The molecule has 3 heteroatoms. The number of rotatable bonds is 4. The second-order valence-electron chi connectivity index (χ2n) is 8.75. The zero-order chi connectivity index (χ0) is 21.5. The smallest absolute Gasteiger partial charge is 0.119 e. The van der Waals surface area contributed by atoms with E-state index in [-0.39, 0.29) is 0 Å². The third-order valence-electron chi connectivity index (χ3n) is 6.78. The van der Waals surface area contributed by atoms with E-state index in [4.69, 9.17) is 4.74 Å². The van der Waals surface area contributed by atoms with Crippen LogP contribution in [0.3, 0.4) is 0 Å². The largest absolute Gasteiger partial charge is 0.489 e. The Hall–Kier alpha value is -3.04. The van der Waals surface area contributed by atoms with E-state index in [1.807, 2.05) is 0 Å². The van der Waals surface area contributed by atoms with Crippen LogP contribution in [0.25, 0.3) is 10.8 Å². The molecule has 0 amide bonds. The Morgan fingerprint density at radius 1 is 0.875 bits per heavy atom. The molecule has 2 aliphatic rings. The van der Waals surface area contributed by atoms with Gasteiger partial charge in [-0.3, -0.25) is 0 Å². The zero-order valence-electron chi connectivity index (χ0n) is 17.7. The molecule has 1 aliphatic heterocycles. The molecule has 3 atom stereocenters. The lowest BCUT2D eigenvalue weighted by Crippen LogP contribution is -2.29. The summed E-state index contributed by atoms with van der Waals surface area (Å²) in [6.07, 6.45) is 5.82. The molecule has 1 aliphatic carbocycles. The van der Waals surface area contributed by atoms with Crippen molar-refractivity contribution in [1.82, 2.24) is 0 Å². The maximum atomic E-state index is 6.10. The van der Waals surface area contributed by atoms with Crippen molar-refractivity contribution < 1.29 is 4.74 Å². The van der Waals surface area contributed by atoms with Gasteiger partial charge in [0.1, 0.15) is 12.4 Å².